The molecule has 0 aliphatic carbocycles. The molecule has 5 rings (SSSR count). The zero-order valence-electron chi connectivity index (χ0n) is 15.1. The van der Waals surface area contributed by atoms with Crippen LogP contribution in [0.5, 0.6) is 11.5 Å². The highest BCUT2D eigenvalue weighted by Gasteiger charge is 2.16. The van der Waals surface area contributed by atoms with Crippen molar-refractivity contribution in [3.63, 3.8) is 0 Å². The van der Waals surface area contributed by atoms with Gasteiger partial charge in [-0.25, -0.2) is 4.98 Å². The molecule has 0 fully saturated rings. The van der Waals surface area contributed by atoms with Crippen molar-refractivity contribution in [3.8, 4) is 23.0 Å². The maximum Gasteiger partial charge on any atom is 0.255 e. The molecular formula is C22H15BrN2O4. The van der Waals surface area contributed by atoms with Crippen molar-refractivity contribution >= 4 is 38.6 Å². The van der Waals surface area contributed by atoms with Crippen molar-refractivity contribution in [2.45, 2.75) is 0 Å². The van der Waals surface area contributed by atoms with Crippen molar-refractivity contribution in [2.75, 3.05) is 18.5 Å². The molecule has 29 heavy (non-hydrogen) atoms. The average Bonchev–Trinajstić information content (AvgIpc) is 3.17. The Balaban J connectivity index is 1.41. The molecule has 0 atom stereocenters. The minimum atomic E-state index is -0.240. The minimum absolute atomic E-state index is 0.240. The number of carbonyl (C=O) groups is 1. The average molecular weight is 451 g/mol. The first kappa shape index (κ1) is 17.8. The van der Waals surface area contributed by atoms with Gasteiger partial charge in [-0.2, -0.15) is 0 Å². The van der Waals surface area contributed by atoms with Crippen LogP contribution in [0.3, 0.4) is 0 Å². The second-order valence-corrected chi connectivity index (χ2v) is 7.35. The molecular weight excluding hydrogens is 436 g/mol. The lowest BCUT2D eigenvalue weighted by Crippen LogP contribution is -2.17. The van der Waals surface area contributed by atoms with Crippen molar-refractivity contribution in [1.82, 2.24) is 4.98 Å². The monoisotopic (exact) mass is 450 g/mol. The zero-order valence-corrected chi connectivity index (χ0v) is 16.7. The Morgan fingerprint density at radius 1 is 0.966 bits per heavy atom. The summed E-state index contributed by atoms with van der Waals surface area (Å²) in [5, 5.41) is 2.89. The molecule has 3 aromatic carbocycles. The van der Waals surface area contributed by atoms with Gasteiger partial charge in [0.15, 0.2) is 17.1 Å². The Morgan fingerprint density at radius 2 is 1.79 bits per heavy atom. The predicted molar refractivity (Wildman–Crippen MR) is 113 cm³/mol. The van der Waals surface area contributed by atoms with Gasteiger partial charge in [0, 0.05) is 15.7 Å². The number of amides is 1. The molecule has 2 heterocycles. The summed E-state index contributed by atoms with van der Waals surface area (Å²) in [7, 11) is 0. The Bertz CT molecular complexity index is 1230. The molecule has 0 saturated heterocycles. The fourth-order valence-corrected chi connectivity index (χ4v) is 3.60. The van der Waals surface area contributed by atoms with Crippen LogP contribution in [0.25, 0.3) is 22.6 Å². The molecule has 1 N–H and O–H groups in total. The molecule has 0 bridgehead atoms. The van der Waals surface area contributed by atoms with Gasteiger partial charge in [0.2, 0.25) is 5.89 Å². The fraction of sp³-hybridized carbons (Fsp3) is 0.0909. The van der Waals surface area contributed by atoms with E-state index in [1.165, 1.54) is 0 Å². The number of nitrogens with one attached hydrogen (secondary N) is 1. The van der Waals surface area contributed by atoms with Crippen molar-refractivity contribution < 1.29 is 18.7 Å². The van der Waals surface area contributed by atoms with E-state index >= 15 is 0 Å². The number of nitrogens with zero attached hydrogens (tertiary/aromatic N) is 1. The van der Waals surface area contributed by atoms with Crippen molar-refractivity contribution in [1.29, 1.82) is 0 Å². The van der Waals surface area contributed by atoms with Crippen LogP contribution in [0.15, 0.2) is 69.6 Å². The first-order valence-electron chi connectivity index (χ1n) is 9.04. The van der Waals surface area contributed by atoms with Gasteiger partial charge < -0.3 is 19.2 Å². The fourth-order valence-electron chi connectivity index (χ4n) is 3.14. The van der Waals surface area contributed by atoms with E-state index in [2.05, 4.69) is 26.2 Å². The molecule has 1 aliphatic heterocycles. The molecule has 144 valence electrons. The Kier molecular flexibility index (Phi) is 4.44. The van der Waals surface area contributed by atoms with Crippen LogP contribution in [0.1, 0.15) is 10.4 Å². The first-order valence-corrected chi connectivity index (χ1v) is 9.83. The van der Waals surface area contributed by atoms with Gasteiger partial charge >= 0.3 is 0 Å². The number of oxazole rings is 1. The van der Waals surface area contributed by atoms with Crippen molar-refractivity contribution in [3.05, 3.63) is 70.7 Å². The van der Waals surface area contributed by atoms with E-state index in [4.69, 9.17) is 13.9 Å². The van der Waals surface area contributed by atoms with E-state index < -0.39 is 0 Å². The largest absolute Gasteiger partial charge is 0.486 e. The minimum Gasteiger partial charge on any atom is -0.486 e. The quantitative estimate of drug-likeness (QED) is 0.459. The topological polar surface area (TPSA) is 73.6 Å². The molecule has 1 aromatic heterocycles. The summed E-state index contributed by atoms with van der Waals surface area (Å²) in [5.41, 5.74) is 3.29. The number of aromatic nitrogens is 1. The standard InChI is InChI=1S/C22H15BrN2O4/c23-16-4-2-1-3-15(16)22-25-17-12-14(6-8-18(17)29-22)24-21(26)13-5-7-19-20(11-13)28-10-9-27-19/h1-8,11-12H,9-10H2,(H,24,26). The van der Waals surface area contributed by atoms with Gasteiger partial charge in [0.05, 0.1) is 5.56 Å². The molecule has 7 heteroatoms. The number of anilines is 1. The number of rotatable bonds is 3. The van der Waals surface area contributed by atoms with Gasteiger partial charge in [-0.1, -0.05) is 12.1 Å². The summed E-state index contributed by atoms with van der Waals surface area (Å²) in [4.78, 5) is 17.2. The van der Waals surface area contributed by atoms with Crippen LogP contribution in [0.4, 0.5) is 5.69 Å². The maximum atomic E-state index is 12.6. The highest BCUT2D eigenvalue weighted by atomic mass is 79.9. The van der Waals surface area contributed by atoms with E-state index in [0.717, 1.165) is 10.0 Å². The van der Waals surface area contributed by atoms with Crippen LogP contribution >= 0.6 is 15.9 Å². The smallest absolute Gasteiger partial charge is 0.255 e. The van der Waals surface area contributed by atoms with E-state index in [1.54, 1.807) is 36.4 Å². The molecule has 6 nitrogen and oxygen atoms in total. The van der Waals surface area contributed by atoms with Crippen LogP contribution in [0.2, 0.25) is 0 Å². The van der Waals surface area contributed by atoms with Gasteiger partial charge in [-0.15, -0.1) is 0 Å². The maximum absolute atomic E-state index is 12.6. The molecule has 0 unspecified atom stereocenters. The van der Waals surface area contributed by atoms with Gasteiger partial charge in [0.25, 0.3) is 5.91 Å². The lowest BCUT2D eigenvalue weighted by atomic mass is 10.1. The van der Waals surface area contributed by atoms with Crippen LogP contribution in [-0.2, 0) is 0 Å². The summed E-state index contributed by atoms with van der Waals surface area (Å²) in [5.74, 6) is 1.50. The van der Waals surface area contributed by atoms with Crippen LogP contribution < -0.4 is 14.8 Å². The number of halogens is 1. The summed E-state index contributed by atoms with van der Waals surface area (Å²) in [6.07, 6.45) is 0. The highest BCUT2D eigenvalue weighted by Crippen LogP contribution is 2.32. The normalized spacial score (nSPS) is 12.7. The van der Waals surface area contributed by atoms with Gasteiger partial charge in [-0.05, 0) is 64.5 Å². The number of carbonyl (C=O) groups excluding carboxylic acids is 1. The molecule has 0 radical (unpaired) electrons. The second kappa shape index (κ2) is 7.25. The van der Waals surface area contributed by atoms with Crippen LogP contribution in [-0.4, -0.2) is 24.1 Å². The molecule has 0 spiro atoms. The number of benzene rings is 3. The van der Waals surface area contributed by atoms with Gasteiger partial charge in [0.1, 0.15) is 18.7 Å². The lowest BCUT2D eigenvalue weighted by Gasteiger charge is -2.18. The number of hydrogen-bond donors (Lipinski definition) is 1. The Hall–Kier alpha value is -3.32. The third-order valence-corrected chi connectivity index (χ3v) is 5.25. The van der Waals surface area contributed by atoms with E-state index in [0.29, 0.717) is 53.0 Å². The molecule has 1 aliphatic rings. The number of fused-ring (bicyclic) bond motifs is 2. The first-order chi connectivity index (χ1) is 14.2. The van der Waals surface area contributed by atoms with Gasteiger partial charge in [-0.3, -0.25) is 4.79 Å². The predicted octanol–water partition coefficient (Wildman–Crippen LogP) is 5.28. The molecule has 0 saturated carbocycles. The zero-order chi connectivity index (χ0) is 19.8. The summed E-state index contributed by atoms with van der Waals surface area (Å²) >= 11 is 3.51. The Morgan fingerprint density at radius 3 is 2.66 bits per heavy atom. The lowest BCUT2D eigenvalue weighted by molar-refractivity contribution is 0.102. The third kappa shape index (κ3) is 3.45. The Labute approximate surface area is 174 Å². The summed E-state index contributed by atoms with van der Waals surface area (Å²) in [6.45, 7) is 0.985. The second-order valence-electron chi connectivity index (χ2n) is 6.49. The number of ether oxygens (including phenoxy) is 2. The molecule has 1 amide bonds. The van der Waals surface area contributed by atoms with Crippen molar-refractivity contribution in [2.24, 2.45) is 0 Å². The SMILES string of the molecule is O=C(Nc1ccc2oc(-c3ccccc3Br)nc2c1)c1ccc2c(c1)OCCO2. The number of hydrogen-bond acceptors (Lipinski definition) is 5. The van der Waals surface area contributed by atoms with E-state index in [-0.39, 0.29) is 5.91 Å². The summed E-state index contributed by atoms with van der Waals surface area (Å²) in [6, 6.07) is 18.2. The summed E-state index contributed by atoms with van der Waals surface area (Å²) < 4.78 is 17.8. The third-order valence-electron chi connectivity index (χ3n) is 4.55. The van der Waals surface area contributed by atoms with Crippen LogP contribution in [0, 0.1) is 0 Å². The van der Waals surface area contributed by atoms with E-state index in [9.17, 15) is 4.79 Å². The van der Waals surface area contributed by atoms with E-state index in [1.807, 2.05) is 24.3 Å². The molecule has 4 aromatic rings. The highest BCUT2D eigenvalue weighted by molar-refractivity contribution is 9.10.